The standard InChI is InChI=1S/C14H19NO4/c15-12-10(7-16)6-11(8-17)13(12)19-14(18)9-4-2-1-3-5-9/h1-5,10-13,16-17H,6-8,15H2/t10-,11+,12+,13-/m1/s1. The molecule has 1 saturated carbocycles. The molecule has 1 aliphatic carbocycles. The Balaban J connectivity index is 2.07. The van der Waals surface area contributed by atoms with Crippen molar-refractivity contribution in [3.05, 3.63) is 35.9 Å². The maximum absolute atomic E-state index is 12.0. The topological polar surface area (TPSA) is 92.8 Å². The molecule has 0 spiro atoms. The first kappa shape index (κ1) is 14.0. The first-order chi connectivity index (χ1) is 9.17. The van der Waals surface area contributed by atoms with Crippen LogP contribution >= 0.6 is 0 Å². The number of esters is 1. The second-order valence-corrected chi connectivity index (χ2v) is 4.93. The molecule has 0 aromatic heterocycles. The minimum absolute atomic E-state index is 0.0585. The van der Waals surface area contributed by atoms with E-state index in [4.69, 9.17) is 10.5 Å². The molecule has 0 heterocycles. The summed E-state index contributed by atoms with van der Waals surface area (Å²) in [6, 6.07) is 8.22. The van der Waals surface area contributed by atoms with Gasteiger partial charge in [0.1, 0.15) is 6.10 Å². The number of rotatable bonds is 4. The molecule has 104 valence electrons. The third-order valence-electron chi connectivity index (χ3n) is 3.72. The van der Waals surface area contributed by atoms with Gasteiger partial charge in [0.15, 0.2) is 0 Å². The number of nitrogens with two attached hydrogens (primary N) is 1. The van der Waals surface area contributed by atoms with Gasteiger partial charge in [-0.3, -0.25) is 0 Å². The zero-order valence-corrected chi connectivity index (χ0v) is 10.6. The lowest BCUT2D eigenvalue weighted by Crippen LogP contribution is -2.41. The van der Waals surface area contributed by atoms with Crippen LogP contribution in [0.5, 0.6) is 0 Å². The van der Waals surface area contributed by atoms with Crippen molar-refractivity contribution in [1.82, 2.24) is 0 Å². The van der Waals surface area contributed by atoms with E-state index in [1.54, 1.807) is 24.3 Å². The van der Waals surface area contributed by atoms with Gasteiger partial charge in [0.2, 0.25) is 0 Å². The highest BCUT2D eigenvalue weighted by molar-refractivity contribution is 5.89. The smallest absolute Gasteiger partial charge is 0.338 e. The van der Waals surface area contributed by atoms with E-state index >= 15 is 0 Å². The van der Waals surface area contributed by atoms with Crippen LogP contribution < -0.4 is 5.73 Å². The third-order valence-corrected chi connectivity index (χ3v) is 3.72. The molecule has 5 nitrogen and oxygen atoms in total. The van der Waals surface area contributed by atoms with Gasteiger partial charge in [-0.05, 0) is 18.6 Å². The Bertz CT molecular complexity index is 421. The molecule has 19 heavy (non-hydrogen) atoms. The highest BCUT2D eigenvalue weighted by Gasteiger charge is 2.43. The van der Waals surface area contributed by atoms with E-state index in [9.17, 15) is 15.0 Å². The van der Waals surface area contributed by atoms with Crippen LogP contribution in [0.1, 0.15) is 16.8 Å². The van der Waals surface area contributed by atoms with E-state index in [0.29, 0.717) is 12.0 Å². The van der Waals surface area contributed by atoms with E-state index in [0.717, 1.165) is 0 Å². The summed E-state index contributed by atoms with van der Waals surface area (Å²) in [6.07, 6.45) is 0.0239. The molecule has 0 unspecified atom stereocenters. The van der Waals surface area contributed by atoms with Crippen LogP contribution in [-0.2, 0) is 4.74 Å². The number of carbonyl (C=O) groups excluding carboxylic acids is 1. The van der Waals surface area contributed by atoms with E-state index in [1.807, 2.05) is 6.07 Å². The predicted octanol–water partition coefficient (Wildman–Crippen LogP) is 0.160. The Labute approximate surface area is 112 Å². The normalized spacial score (nSPS) is 30.3. The molecule has 1 aromatic carbocycles. The lowest BCUT2D eigenvalue weighted by Gasteiger charge is -2.22. The Hall–Kier alpha value is -1.43. The quantitative estimate of drug-likeness (QED) is 0.674. The fraction of sp³-hybridized carbons (Fsp3) is 0.500. The van der Waals surface area contributed by atoms with Crippen LogP contribution in [0.15, 0.2) is 30.3 Å². The lowest BCUT2D eigenvalue weighted by atomic mass is 10.1. The molecule has 0 amide bonds. The summed E-state index contributed by atoms with van der Waals surface area (Å²) in [5.41, 5.74) is 6.44. The largest absolute Gasteiger partial charge is 0.457 e. The van der Waals surface area contributed by atoms with Crippen molar-refractivity contribution in [3.8, 4) is 0 Å². The zero-order valence-electron chi connectivity index (χ0n) is 10.6. The van der Waals surface area contributed by atoms with Crippen LogP contribution in [0.4, 0.5) is 0 Å². The molecule has 0 aliphatic heterocycles. The molecule has 0 bridgehead atoms. The number of aliphatic hydroxyl groups excluding tert-OH is 2. The fourth-order valence-corrected chi connectivity index (χ4v) is 2.58. The monoisotopic (exact) mass is 265 g/mol. The third kappa shape index (κ3) is 2.94. The van der Waals surface area contributed by atoms with Gasteiger partial charge in [0.05, 0.1) is 5.56 Å². The maximum atomic E-state index is 12.0. The number of hydrogen-bond acceptors (Lipinski definition) is 5. The molecule has 1 aromatic rings. The van der Waals surface area contributed by atoms with Crippen LogP contribution in [0, 0.1) is 11.8 Å². The molecule has 1 fully saturated rings. The molecule has 4 N–H and O–H groups in total. The average Bonchev–Trinajstić information content (AvgIpc) is 2.76. The molecular weight excluding hydrogens is 246 g/mol. The molecule has 0 radical (unpaired) electrons. The SMILES string of the molecule is N[C@H]1[C@@H](CO)C[C@@H](CO)[C@H]1OC(=O)c1ccccc1. The van der Waals surface area contributed by atoms with E-state index in [2.05, 4.69) is 0 Å². The predicted molar refractivity (Wildman–Crippen MR) is 69.4 cm³/mol. The molecule has 5 heteroatoms. The first-order valence-electron chi connectivity index (χ1n) is 6.40. The number of hydrogen-bond donors (Lipinski definition) is 3. The Kier molecular flexibility index (Phi) is 4.52. The Morgan fingerprint density at radius 2 is 1.84 bits per heavy atom. The molecule has 0 saturated heterocycles. The van der Waals surface area contributed by atoms with E-state index in [1.165, 1.54) is 0 Å². The molecule has 2 rings (SSSR count). The lowest BCUT2D eigenvalue weighted by molar-refractivity contribution is 0.00737. The van der Waals surface area contributed by atoms with Gasteiger partial charge in [-0.15, -0.1) is 0 Å². The van der Waals surface area contributed by atoms with Crippen molar-refractivity contribution in [2.75, 3.05) is 13.2 Å². The first-order valence-corrected chi connectivity index (χ1v) is 6.40. The molecule has 1 aliphatic rings. The van der Waals surface area contributed by atoms with Crippen LogP contribution in [0.25, 0.3) is 0 Å². The summed E-state index contributed by atoms with van der Waals surface area (Å²) in [7, 11) is 0. The highest BCUT2D eigenvalue weighted by atomic mass is 16.5. The Morgan fingerprint density at radius 1 is 1.21 bits per heavy atom. The van der Waals surface area contributed by atoms with Gasteiger partial charge in [0, 0.05) is 31.1 Å². The highest BCUT2D eigenvalue weighted by Crippen LogP contribution is 2.32. The maximum Gasteiger partial charge on any atom is 0.338 e. The van der Waals surface area contributed by atoms with Crippen molar-refractivity contribution in [3.63, 3.8) is 0 Å². The minimum atomic E-state index is -0.546. The van der Waals surface area contributed by atoms with E-state index in [-0.39, 0.29) is 25.0 Å². The van der Waals surface area contributed by atoms with Gasteiger partial charge in [-0.2, -0.15) is 0 Å². The minimum Gasteiger partial charge on any atom is -0.457 e. The molecular formula is C14H19NO4. The van der Waals surface area contributed by atoms with Crippen molar-refractivity contribution >= 4 is 5.97 Å². The van der Waals surface area contributed by atoms with Crippen molar-refractivity contribution in [1.29, 1.82) is 0 Å². The van der Waals surface area contributed by atoms with Gasteiger partial charge in [-0.1, -0.05) is 18.2 Å². The van der Waals surface area contributed by atoms with Gasteiger partial charge in [-0.25, -0.2) is 4.79 Å². The van der Waals surface area contributed by atoms with Crippen molar-refractivity contribution in [2.45, 2.75) is 18.6 Å². The van der Waals surface area contributed by atoms with Gasteiger partial charge in [0.25, 0.3) is 0 Å². The van der Waals surface area contributed by atoms with Gasteiger partial charge < -0.3 is 20.7 Å². The summed E-state index contributed by atoms with van der Waals surface area (Å²) in [4.78, 5) is 12.0. The van der Waals surface area contributed by atoms with Crippen LogP contribution in [0.2, 0.25) is 0 Å². The van der Waals surface area contributed by atoms with Gasteiger partial charge >= 0.3 is 5.97 Å². The summed E-state index contributed by atoms with van der Waals surface area (Å²) in [5, 5.41) is 18.5. The summed E-state index contributed by atoms with van der Waals surface area (Å²) in [5.74, 6) is -0.788. The fourth-order valence-electron chi connectivity index (χ4n) is 2.58. The average molecular weight is 265 g/mol. The van der Waals surface area contributed by atoms with Crippen molar-refractivity contribution < 1.29 is 19.7 Å². The van der Waals surface area contributed by atoms with Crippen molar-refractivity contribution in [2.24, 2.45) is 17.6 Å². The Morgan fingerprint density at radius 3 is 2.42 bits per heavy atom. The number of aliphatic hydroxyl groups is 2. The number of carbonyl (C=O) groups is 1. The van der Waals surface area contributed by atoms with E-state index < -0.39 is 18.1 Å². The van der Waals surface area contributed by atoms with Crippen LogP contribution in [0.3, 0.4) is 0 Å². The van der Waals surface area contributed by atoms with Crippen LogP contribution in [-0.4, -0.2) is 41.5 Å². The summed E-state index contributed by atoms with van der Waals surface area (Å²) >= 11 is 0. The number of benzene rings is 1. The second-order valence-electron chi connectivity index (χ2n) is 4.93. The zero-order chi connectivity index (χ0) is 13.8. The second kappa shape index (κ2) is 6.14. The number of ether oxygens (including phenoxy) is 1. The summed E-state index contributed by atoms with van der Waals surface area (Å²) < 4.78 is 5.41. The molecule has 4 atom stereocenters. The summed E-state index contributed by atoms with van der Waals surface area (Å²) in [6.45, 7) is -0.159.